The molecule has 1 heterocycles. The van der Waals surface area contributed by atoms with E-state index in [1.165, 1.54) is 11.3 Å². The van der Waals surface area contributed by atoms with Gasteiger partial charge < -0.3 is 5.32 Å². The summed E-state index contributed by atoms with van der Waals surface area (Å²) in [5.74, 6) is 0.440. The van der Waals surface area contributed by atoms with E-state index in [-0.39, 0.29) is 6.04 Å². The van der Waals surface area contributed by atoms with Gasteiger partial charge in [0.15, 0.2) is 0 Å². The topological polar surface area (TPSA) is 58.2 Å². The average molecular weight is 316 g/mol. The van der Waals surface area contributed by atoms with E-state index in [1.54, 1.807) is 6.07 Å². The largest absolute Gasteiger partial charge is 0.312 e. The molecule has 1 aliphatic rings. The summed E-state index contributed by atoms with van der Waals surface area (Å²) in [5, 5.41) is 3.29. The van der Waals surface area contributed by atoms with Crippen LogP contribution in [0.3, 0.4) is 0 Å². The van der Waals surface area contributed by atoms with E-state index < -0.39 is 10.0 Å². The van der Waals surface area contributed by atoms with Crippen molar-refractivity contribution in [2.75, 3.05) is 6.54 Å². The van der Waals surface area contributed by atoms with Crippen molar-refractivity contribution in [3.63, 3.8) is 0 Å². The van der Waals surface area contributed by atoms with Crippen molar-refractivity contribution in [2.24, 2.45) is 5.92 Å². The number of hydrogen-bond acceptors (Lipinski definition) is 4. The quantitative estimate of drug-likeness (QED) is 0.761. The Balaban J connectivity index is 1.98. The Kier molecular flexibility index (Phi) is 5.60. The summed E-state index contributed by atoms with van der Waals surface area (Å²) in [6.45, 7) is 5.93. The van der Waals surface area contributed by atoms with Gasteiger partial charge in [0.05, 0.1) is 0 Å². The highest BCUT2D eigenvalue weighted by molar-refractivity contribution is 7.91. The van der Waals surface area contributed by atoms with Gasteiger partial charge >= 0.3 is 0 Å². The Bertz CT molecular complexity index is 525. The summed E-state index contributed by atoms with van der Waals surface area (Å²) in [4.78, 5) is 1.07. The minimum atomic E-state index is -3.35. The predicted octanol–water partition coefficient (Wildman–Crippen LogP) is 2.71. The molecule has 2 N–H and O–H groups in total. The van der Waals surface area contributed by atoms with Crippen LogP contribution in [0.5, 0.6) is 0 Å². The van der Waals surface area contributed by atoms with Gasteiger partial charge in [-0.25, -0.2) is 13.1 Å². The molecule has 0 radical (unpaired) electrons. The fraction of sp³-hybridized carbons (Fsp3) is 0.714. The third-order valence-electron chi connectivity index (χ3n) is 3.80. The molecule has 0 bridgehead atoms. The summed E-state index contributed by atoms with van der Waals surface area (Å²) in [7, 11) is -3.35. The van der Waals surface area contributed by atoms with Gasteiger partial charge in [0.2, 0.25) is 10.0 Å². The smallest absolute Gasteiger partial charge is 0.250 e. The van der Waals surface area contributed by atoms with Crippen LogP contribution in [-0.4, -0.2) is 21.0 Å². The van der Waals surface area contributed by atoms with Gasteiger partial charge in [-0.15, -0.1) is 11.3 Å². The number of thiophene rings is 1. The van der Waals surface area contributed by atoms with Gasteiger partial charge in [-0.2, -0.15) is 0 Å². The molecule has 1 aromatic heterocycles. The van der Waals surface area contributed by atoms with Gasteiger partial charge in [0.25, 0.3) is 0 Å². The first-order chi connectivity index (χ1) is 9.53. The molecule has 0 saturated heterocycles. The maximum Gasteiger partial charge on any atom is 0.250 e. The third-order valence-corrected chi connectivity index (χ3v) is 6.86. The molecule has 1 fully saturated rings. The minimum absolute atomic E-state index is 0.101. The van der Waals surface area contributed by atoms with E-state index in [9.17, 15) is 8.42 Å². The summed E-state index contributed by atoms with van der Waals surface area (Å²) < 4.78 is 28.0. The molecular weight excluding hydrogens is 292 g/mol. The molecule has 2 rings (SSSR count). The summed E-state index contributed by atoms with van der Waals surface area (Å²) in [6, 6.07) is 3.72. The fourth-order valence-electron chi connectivity index (χ4n) is 2.56. The first-order valence-electron chi connectivity index (χ1n) is 7.34. The van der Waals surface area contributed by atoms with Crippen LogP contribution in [0.15, 0.2) is 16.3 Å². The minimum Gasteiger partial charge on any atom is -0.312 e. The molecule has 0 spiro atoms. The van der Waals surface area contributed by atoms with Crippen molar-refractivity contribution in [1.82, 2.24) is 10.0 Å². The Labute approximate surface area is 126 Å². The lowest BCUT2D eigenvalue weighted by atomic mass is 10.1. The molecule has 2 atom stereocenters. The van der Waals surface area contributed by atoms with Crippen molar-refractivity contribution in [2.45, 2.75) is 56.3 Å². The maximum absolute atomic E-state index is 12.4. The van der Waals surface area contributed by atoms with Crippen LogP contribution in [0, 0.1) is 5.92 Å². The molecular formula is C14H24N2O2S2. The van der Waals surface area contributed by atoms with Crippen LogP contribution >= 0.6 is 11.3 Å². The standard InChI is InChI=1S/C14H24N2O2S2/c1-3-9-15-10-12-7-8-14(19-12)20(17,18)16-13-6-4-5-11(13)2/h7-8,11,13,15-16H,3-6,9-10H2,1-2H3. The van der Waals surface area contributed by atoms with Crippen molar-refractivity contribution in [3.05, 3.63) is 17.0 Å². The zero-order valence-corrected chi connectivity index (χ0v) is 13.8. The molecule has 20 heavy (non-hydrogen) atoms. The Morgan fingerprint density at radius 3 is 2.80 bits per heavy atom. The molecule has 1 aliphatic carbocycles. The first-order valence-corrected chi connectivity index (χ1v) is 9.64. The van der Waals surface area contributed by atoms with Gasteiger partial charge in [-0.05, 0) is 43.9 Å². The van der Waals surface area contributed by atoms with Crippen molar-refractivity contribution >= 4 is 21.4 Å². The predicted molar refractivity (Wildman–Crippen MR) is 83.4 cm³/mol. The van der Waals surface area contributed by atoms with Gasteiger partial charge in [0.1, 0.15) is 4.21 Å². The van der Waals surface area contributed by atoms with Crippen LogP contribution in [0.2, 0.25) is 0 Å². The highest BCUT2D eigenvalue weighted by atomic mass is 32.2. The van der Waals surface area contributed by atoms with Crippen molar-refractivity contribution in [3.8, 4) is 0 Å². The van der Waals surface area contributed by atoms with Gasteiger partial charge in [0, 0.05) is 17.5 Å². The second-order valence-electron chi connectivity index (χ2n) is 5.53. The van der Waals surface area contributed by atoms with E-state index in [4.69, 9.17) is 0 Å². The maximum atomic E-state index is 12.4. The number of hydrogen-bond donors (Lipinski definition) is 2. The number of nitrogens with one attached hydrogen (secondary N) is 2. The molecule has 0 amide bonds. The lowest BCUT2D eigenvalue weighted by Crippen LogP contribution is -2.35. The zero-order chi connectivity index (χ0) is 14.6. The summed E-state index contributed by atoms with van der Waals surface area (Å²) >= 11 is 1.36. The van der Waals surface area contributed by atoms with Crippen LogP contribution in [0.25, 0.3) is 0 Å². The SMILES string of the molecule is CCCNCc1ccc(S(=O)(=O)NC2CCCC2C)s1. The van der Waals surface area contributed by atoms with Crippen molar-refractivity contribution < 1.29 is 8.42 Å². The van der Waals surface area contributed by atoms with Crippen LogP contribution < -0.4 is 10.0 Å². The summed E-state index contributed by atoms with van der Waals surface area (Å²) in [6.07, 6.45) is 4.27. The molecule has 4 nitrogen and oxygen atoms in total. The molecule has 0 aromatic carbocycles. The Hall–Kier alpha value is -0.430. The van der Waals surface area contributed by atoms with E-state index in [0.717, 1.165) is 43.6 Å². The molecule has 0 aliphatic heterocycles. The van der Waals surface area contributed by atoms with Gasteiger partial charge in [-0.1, -0.05) is 20.3 Å². The Morgan fingerprint density at radius 2 is 2.15 bits per heavy atom. The van der Waals surface area contributed by atoms with Crippen LogP contribution in [-0.2, 0) is 16.6 Å². The molecule has 6 heteroatoms. The third kappa shape index (κ3) is 4.04. The second kappa shape index (κ2) is 7.02. The Morgan fingerprint density at radius 1 is 1.35 bits per heavy atom. The van der Waals surface area contributed by atoms with E-state index in [0.29, 0.717) is 10.1 Å². The molecule has 2 unspecified atom stereocenters. The van der Waals surface area contributed by atoms with E-state index >= 15 is 0 Å². The highest BCUT2D eigenvalue weighted by Crippen LogP contribution is 2.28. The molecule has 1 saturated carbocycles. The normalized spacial score (nSPS) is 23.3. The molecule has 1 aromatic rings. The molecule has 114 valence electrons. The van der Waals surface area contributed by atoms with Crippen molar-refractivity contribution in [1.29, 1.82) is 0 Å². The monoisotopic (exact) mass is 316 g/mol. The second-order valence-corrected chi connectivity index (χ2v) is 8.64. The average Bonchev–Trinajstić information content (AvgIpc) is 3.00. The van der Waals surface area contributed by atoms with Crippen LogP contribution in [0.1, 0.15) is 44.4 Å². The first kappa shape index (κ1) is 15.9. The van der Waals surface area contributed by atoms with E-state index in [1.807, 2.05) is 6.07 Å². The van der Waals surface area contributed by atoms with Crippen LogP contribution in [0.4, 0.5) is 0 Å². The zero-order valence-electron chi connectivity index (χ0n) is 12.2. The summed E-state index contributed by atoms with van der Waals surface area (Å²) in [5.41, 5.74) is 0. The lowest BCUT2D eigenvalue weighted by molar-refractivity contribution is 0.477. The fourth-order valence-corrected chi connectivity index (χ4v) is 5.29. The number of sulfonamides is 1. The van der Waals surface area contributed by atoms with Gasteiger partial charge in [-0.3, -0.25) is 0 Å². The lowest BCUT2D eigenvalue weighted by Gasteiger charge is -2.16. The highest BCUT2D eigenvalue weighted by Gasteiger charge is 2.28. The van der Waals surface area contributed by atoms with E-state index in [2.05, 4.69) is 23.9 Å². The number of rotatable bonds is 7.